The first-order chi connectivity index (χ1) is 12.9. The van der Waals surface area contributed by atoms with Crippen molar-refractivity contribution in [2.24, 2.45) is 0 Å². The second kappa shape index (κ2) is 6.95. The molecule has 2 fully saturated rings. The molecule has 1 N–H and O–H groups in total. The number of hydrogen-bond acceptors (Lipinski definition) is 5. The number of benzene rings is 1. The molecule has 0 bridgehead atoms. The summed E-state index contributed by atoms with van der Waals surface area (Å²) in [7, 11) is 0. The Hall–Kier alpha value is -2.42. The lowest BCUT2D eigenvalue weighted by Crippen LogP contribution is -2.47. The second-order valence-corrected chi connectivity index (χ2v) is 7.08. The predicted octanol–water partition coefficient (Wildman–Crippen LogP) is 2.58. The summed E-state index contributed by atoms with van der Waals surface area (Å²) in [6, 6.07) is 5.03. The van der Waals surface area contributed by atoms with E-state index in [0.717, 1.165) is 12.8 Å². The molecular formula is C18H19F3N4O2. The standard InChI is InChI=1S/C18H19F3N4O2/c19-13-5-1-3-11(7-13)15-23-16(27-24-15)12-4-2-6-25(9-12)17(26)14-8-18(20,21)10-22-14/h1,3,5,7,12,14,22H,2,4,6,8-10H2. The van der Waals surface area contributed by atoms with Crippen LogP contribution in [0.3, 0.4) is 0 Å². The molecule has 1 amide bonds. The first kappa shape index (κ1) is 18.0. The highest BCUT2D eigenvalue weighted by atomic mass is 19.3. The molecule has 144 valence electrons. The number of carbonyl (C=O) groups excluding carboxylic acids is 1. The van der Waals surface area contributed by atoms with Crippen LogP contribution in [0, 0.1) is 5.82 Å². The van der Waals surface area contributed by atoms with E-state index in [1.807, 2.05) is 0 Å². The van der Waals surface area contributed by atoms with Crippen molar-refractivity contribution in [1.82, 2.24) is 20.4 Å². The van der Waals surface area contributed by atoms with E-state index in [4.69, 9.17) is 4.52 Å². The molecule has 2 aliphatic heterocycles. The van der Waals surface area contributed by atoms with E-state index < -0.39 is 30.7 Å². The lowest BCUT2D eigenvalue weighted by atomic mass is 9.97. The summed E-state index contributed by atoms with van der Waals surface area (Å²) in [5.41, 5.74) is 0.506. The molecule has 1 aromatic heterocycles. The molecule has 2 aliphatic rings. The van der Waals surface area contributed by atoms with Crippen LogP contribution in [0.1, 0.15) is 31.1 Å². The molecule has 4 rings (SSSR count). The maximum absolute atomic E-state index is 13.4. The van der Waals surface area contributed by atoms with E-state index in [0.29, 0.717) is 24.5 Å². The van der Waals surface area contributed by atoms with Gasteiger partial charge in [0, 0.05) is 25.1 Å². The highest BCUT2D eigenvalue weighted by molar-refractivity contribution is 5.82. The van der Waals surface area contributed by atoms with Gasteiger partial charge in [0.25, 0.3) is 5.92 Å². The van der Waals surface area contributed by atoms with Gasteiger partial charge >= 0.3 is 0 Å². The second-order valence-electron chi connectivity index (χ2n) is 7.08. The normalized spacial score (nSPS) is 24.9. The van der Waals surface area contributed by atoms with Crippen molar-refractivity contribution in [1.29, 1.82) is 0 Å². The van der Waals surface area contributed by atoms with Gasteiger partial charge in [-0.1, -0.05) is 17.3 Å². The lowest BCUT2D eigenvalue weighted by Gasteiger charge is -2.32. The molecule has 0 aliphatic carbocycles. The third-order valence-electron chi connectivity index (χ3n) is 5.01. The molecule has 9 heteroatoms. The van der Waals surface area contributed by atoms with Crippen LogP contribution in [-0.4, -0.2) is 52.5 Å². The fourth-order valence-electron chi connectivity index (χ4n) is 3.64. The monoisotopic (exact) mass is 380 g/mol. The van der Waals surface area contributed by atoms with Crippen molar-refractivity contribution in [3.05, 3.63) is 36.0 Å². The summed E-state index contributed by atoms with van der Waals surface area (Å²) in [6.07, 6.45) is 0.997. The molecule has 0 spiro atoms. The maximum Gasteiger partial charge on any atom is 0.262 e. The molecular weight excluding hydrogens is 361 g/mol. The first-order valence-electron chi connectivity index (χ1n) is 8.91. The van der Waals surface area contributed by atoms with Gasteiger partial charge in [0.2, 0.25) is 17.6 Å². The van der Waals surface area contributed by atoms with Gasteiger partial charge in [0.15, 0.2) is 0 Å². The van der Waals surface area contributed by atoms with Crippen LogP contribution in [-0.2, 0) is 4.79 Å². The van der Waals surface area contributed by atoms with Crippen LogP contribution in [0.25, 0.3) is 11.4 Å². The Balaban J connectivity index is 1.45. The average Bonchev–Trinajstić information content (AvgIpc) is 3.28. The van der Waals surface area contributed by atoms with Crippen molar-refractivity contribution in [2.75, 3.05) is 19.6 Å². The molecule has 0 saturated carbocycles. The Kier molecular flexibility index (Phi) is 4.63. The Morgan fingerprint density at radius 2 is 2.22 bits per heavy atom. The summed E-state index contributed by atoms with van der Waals surface area (Å²) >= 11 is 0. The van der Waals surface area contributed by atoms with Gasteiger partial charge in [-0.3, -0.25) is 10.1 Å². The maximum atomic E-state index is 13.4. The van der Waals surface area contributed by atoms with Gasteiger partial charge in [0.1, 0.15) is 5.82 Å². The highest BCUT2D eigenvalue weighted by Gasteiger charge is 2.44. The third kappa shape index (κ3) is 3.83. The number of carbonyl (C=O) groups is 1. The molecule has 6 nitrogen and oxygen atoms in total. The summed E-state index contributed by atoms with van der Waals surface area (Å²) < 4.78 is 45.4. The highest BCUT2D eigenvalue weighted by Crippen LogP contribution is 2.30. The third-order valence-corrected chi connectivity index (χ3v) is 5.01. The van der Waals surface area contributed by atoms with Gasteiger partial charge in [-0.05, 0) is 25.0 Å². The Bertz CT molecular complexity index is 842. The number of nitrogens with one attached hydrogen (secondary N) is 1. The number of nitrogens with zero attached hydrogens (tertiary/aromatic N) is 3. The van der Waals surface area contributed by atoms with Crippen LogP contribution in [0.15, 0.2) is 28.8 Å². The number of hydrogen-bond donors (Lipinski definition) is 1. The molecule has 3 heterocycles. The summed E-state index contributed by atoms with van der Waals surface area (Å²) in [4.78, 5) is 18.5. The van der Waals surface area contributed by atoms with Crippen molar-refractivity contribution >= 4 is 5.91 Å². The van der Waals surface area contributed by atoms with Crippen molar-refractivity contribution in [3.63, 3.8) is 0 Å². The predicted molar refractivity (Wildman–Crippen MR) is 89.6 cm³/mol. The number of amides is 1. The number of rotatable bonds is 3. The van der Waals surface area contributed by atoms with E-state index in [1.54, 1.807) is 17.0 Å². The molecule has 27 heavy (non-hydrogen) atoms. The number of halogens is 3. The molecule has 1 aromatic carbocycles. The zero-order valence-corrected chi connectivity index (χ0v) is 14.5. The van der Waals surface area contributed by atoms with E-state index in [-0.39, 0.29) is 17.6 Å². The molecule has 2 aromatic rings. The lowest BCUT2D eigenvalue weighted by molar-refractivity contribution is -0.135. The van der Waals surface area contributed by atoms with Gasteiger partial charge in [0.05, 0.1) is 18.5 Å². The van der Waals surface area contributed by atoms with Crippen LogP contribution in [0.2, 0.25) is 0 Å². The summed E-state index contributed by atoms with van der Waals surface area (Å²) in [5, 5.41) is 6.50. The summed E-state index contributed by atoms with van der Waals surface area (Å²) in [6.45, 7) is 0.388. The average molecular weight is 380 g/mol. The fourth-order valence-corrected chi connectivity index (χ4v) is 3.64. The van der Waals surface area contributed by atoms with Gasteiger partial charge in [-0.2, -0.15) is 4.98 Å². The number of alkyl halides is 2. The smallest absolute Gasteiger partial charge is 0.262 e. The van der Waals surface area contributed by atoms with Gasteiger partial charge in [-0.15, -0.1) is 0 Å². The van der Waals surface area contributed by atoms with Crippen LogP contribution < -0.4 is 5.32 Å². The Labute approximate surface area is 153 Å². The van der Waals surface area contributed by atoms with Crippen molar-refractivity contribution < 1.29 is 22.5 Å². The number of likely N-dealkylation sites (tertiary alicyclic amines) is 1. The van der Waals surface area contributed by atoms with E-state index in [1.165, 1.54) is 12.1 Å². The van der Waals surface area contributed by atoms with E-state index in [2.05, 4.69) is 15.5 Å². The zero-order valence-electron chi connectivity index (χ0n) is 14.5. The van der Waals surface area contributed by atoms with E-state index in [9.17, 15) is 18.0 Å². The minimum atomic E-state index is -2.85. The SMILES string of the molecule is O=C(C1CC(F)(F)CN1)N1CCCC(c2nc(-c3cccc(F)c3)no2)C1. The van der Waals surface area contributed by atoms with Crippen LogP contribution in [0.5, 0.6) is 0 Å². The number of aromatic nitrogens is 2. The van der Waals surface area contributed by atoms with Crippen LogP contribution in [0.4, 0.5) is 13.2 Å². The zero-order chi connectivity index (χ0) is 19.0. The molecule has 2 unspecified atom stereocenters. The number of piperidine rings is 1. The Morgan fingerprint density at radius 3 is 2.96 bits per heavy atom. The molecule has 0 radical (unpaired) electrons. The van der Waals surface area contributed by atoms with Crippen molar-refractivity contribution in [2.45, 2.75) is 37.1 Å². The quantitative estimate of drug-likeness (QED) is 0.886. The topological polar surface area (TPSA) is 71.3 Å². The van der Waals surface area contributed by atoms with Gasteiger partial charge in [-0.25, -0.2) is 13.2 Å². The Morgan fingerprint density at radius 1 is 1.37 bits per heavy atom. The molecule has 2 saturated heterocycles. The van der Waals surface area contributed by atoms with Crippen LogP contribution >= 0.6 is 0 Å². The largest absolute Gasteiger partial charge is 0.341 e. The van der Waals surface area contributed by atoms with Gasteiger partial charge < -0.3 is 9.42 Å². The summed E-state index contributed by atoms with van der Waals surface area (Å²) in [5.74, 6) is -3.07. The van der Waals surface area contributed by atoms with Crippen molar-refractivity contribution in [3.8, 4) is 11.4 Å². The first-order valence-corrected chi connectivity index (χ1v) is 8.91. The minimum Gasteiger partial charge on any atom is -0.341 e. The van der Waals surface area contributed by atoms with E-state index >= 15 is 0 Å². The minimum absolute atomic E-state index is 0.167. The molecule has 2 atom stereocenters. The fraction of sp³-hybridized carbons (Fsp3) is 0.500.